The maximum absolute atomic E-state index is 13.4. The molecule has 138 valence electrons. The van der Waals surface area contributed by atoms with Gasteiger partial charge in [0.15, 0.2) is 0 Å². The number of rotatable bonds is 3. The van der Waals surface area contributed by atoms with Gasteiger partial charge >= 0.3 is 5.51 Å². The molecule has 2 amide bonds. The van der Waals surface area contributed by atoms with E-state index in [2.05, 4.69) is 0 Å². The molecule has 0 unspecified atom stereocenters. The summed E-state index contributed by atoms with van der Waals surface area (Å²) in [6.07, 6.45) is 0. The first-order valence-electron chi connectivity index (χ1n) is 6.80. The number of hydrogen-bond acceptors (Lipinski definition) is 4. The first-order valence-corrected chi connectivity index (χ1v) is 8.29. The summed E-state index contributed by atoms with van der Waals surface area (Å²) in [4.78, 5) is 22.5. The van der Waals surface area contributed by atoms with Crippen LogP contribution in [0.1, 0.15) is 20.7 Å². The van der Waals surface area contributed by atoms with Gasteiger partial charge < -0.3 is 0 Å². The van der Waals surface area contributed by atoms with E-state index in [-0.39, 0.29) is 11.1 Å². The quantitative estimate of drug-likeness (QED) is 0.621. The molecule has 2 N–H and O–H groups in total. The van der Waals surface area contributed by atoms with Crippen molar-refractivity contribution < 1.29 is 35.6 Å². The fraction of sp³-hybridized carbons (Fsp3) is 0.0667. The van der Waals surface area contributed by atoms with Crippen LogP contribution in [0.25, 0.3) is 0 Å². The summed E-state index contributed by atoms with van der Waals surface area (Å²) >= 11 is 0. The fourth-order valence-electron chi connectivity index (χ4n) is 1.82. The minimum Gasteiger partial charge on any atom is -0.267 e. The average Bonchev–Trinajstić information content (AvgIpc) is 2.59. The van der Waals surface area contributed by atoms with Crippen LogP contribution in [0.4, 0.5) is 17.6 Å². The summed E-state index contributed by atoms with van der Waals surface area (Å²) < 4.78 is 73.2. The lowest BCUT2D eigenvalue weighted by atomic mass is 10.2. The number of halogens is 4. The van der Waals surface area contributed by atoms with Gasteiger partial charge in [-0.15, -0.1) is 0 Å². The molecule has 2 rings (SSSR count). The lowest BCUT2D eigenvalue weighted by Gasteiger charge is -2.10. The van der Waals surface area contributed by atoms with E-state index in [9.17, 15) is 35.6 Å². The van der Waals surface area contributed by atoms with Gasteiger partial charge in [0.05, 0.1) is 10.5 Å². The van der Waals surface area contributed by atoms with Crippen molar-refractivity contribution in [1.82, 2.24) is 10.9 Å². The highest BCUT2D eigenvalue weighted by atomic mass is 32.2. The monoisotopic (exact) mass is 390 g/mol. The topological polar surface area (TPSA) is 92.3 Å². The third kappa shape index (κ3) is 3.99. The molecule has 0 aliphatic carbocycles. The van der Waals surface area contributed by atoms with E-state index in [0.717, 1.165) is 18.2 Å². The summed E-state index contributed by atoms with van der Waals surface area (Å²) in [6, 6.07) is 7.87. The molecule has 0 saturated carbocycles. The Morgan fingerprint density at radius 3 is 1.92 bits per heavy atom. The van der Waals surface area contributed by atoms with E-state index in [1.165, 1.54) is 18.2 Å². The predicted octanol–water partition coefficient (Wildman–Crippen LogP) is 2.19. The van der Waals surface area contributed by atoms with Crippen LogP contribution in [-0.4, -0.2) is 25.7 Å². The molecule has 11 heteroatoms. The van der Waals surface area contributed by atoms with Gasteiger partial charge in [-0.1, -0.05) is 12.1 Å². The number of alkyl halides is 3. The molecule has 0 fully saturated rings. The number of carbonyl (C=O) groups is 2. The highest BCUT2D eigenvalue weighted by Gasteiger charge is 2.46. The third-order valence-corrected chi connectivity index (χ3v) is 4.64. The van der Waals surface area contributed by atoms with E-state index in [0.29, 0.717) is 12.1 Å². The first-order chi connectivity index (χ1) is 12.0. The average molecular weight is 390 g/mol. The third-order valence-electron chi connectivity index (χ3n) is 3.14. The number of hydrogen-bond donors (Lipinski definition) is 2. The van der Waals surface area contributed by atoms with Gasteiger partial charge in [-0.25, -0.2) is 12.8 Å². The summed E-state index contributed by atoms with van der Waals surface area (Å²) in [5.41, 5.74) is -2.16. The van der Waals surface area contributed by atoms with Gasteiger partial charge in [-0.3, -0.25) is 20.4 Å². The van der Waals surface area contributed by atoms with E-state index >= 15 is 0 Å². The molecule has 0 aliphatic rings. The number of benzene rings is 2. The summed E-state index contributed by atoms with van der Waals surface area (Å²) in [7, 11) is -5.53. The molecular weight excluding hydrogens is 380 g/mol. The van der Waals surface area contributed by atoms with E-state index in [1.807, 2.05) is 10.9 Å². The van der Waals surface area contributed by atoms with E-state index in [4.69, 9.17) is 0 Å². The lowest BCUT2D eigenvalue weighted by molar-refractivity contribution is -0.0436. The number of carbonyl (C=O) groups excluding carboxylic acids is 2. The SMILES string of the molecule is O=C(NNC(=O)c1ccccc1F)c1ccc(S(=O)(=O)C(F)(F)F)cc1. The Bertz CT molecular complexity index is 941. The molecule has 2 aromatic carbocycles. The zero-order valence-corrected chi connectivity index (χ0v) is 13.5. The van der Waals surface area contributed by atoms with Crippen molar-refractivity contribution in [2.75, 3.05) is 0 Å². The second-order valence-corrected chi connectivity index (χ2v) is 6.80. The Labute approximate surface area is 144 Å². The van der Waals surface area contributed by atoms with Crippen molar-refractivity contribution in [2.45, 2.75) is 10.4 Å². The minimum absolute atomic E-state index is 0.222. The van der Waals surface area contributed by atoms with Crippen LogP contribution in [0.5, 0.6) is 0 Å². The Balaban J connectivity index is 2.07. The van der Waals surface area contributed by atoms with Gasteiger partial charge in [0.2, 0.25) is 0 Å². The van der Waals surface area contributed by atoms with Crippen LogP contribution in [0.2, 0.25) is 0 Å². The zero-order valence-electron chi connectivity index (χ0n) is 12.7. The van der Waals surface area contributed by atoms with Crippen LogP contribution < -0.4 is 10.9 Å². The molecule has 26 heavy (non-hydrogen) atoms. The first kappa shape index (κ1) is 19.4. The second-order valence-electron chi connectivity index (χ2n) is 4.86. The Morgan fingerprint density at radius 1 is 0.846 bits per heavy atom. The van der Waals surface area contributed by atoms with Gasteiger partial charge in [0.25, 0.3) is 21.7 Å². The second kappa shape index (κ2) is 7.12. The largest absolute Gasteiger partial charge is 0.501 e. The summed E-state index contributed by atoms with van der Waals surface area (Å²) in [5.74, 6) is -2.71. The molecule has 0 aliphatic heterocycles. The minimum atomic E-state index is -5.53. The summed E-state index contributed by atoms with van der Waals surface area (Å²) in [5, 5.41) is 0. The Morgan fingerprint density at radius 2 is 1.38 bits per heavy atom. The van der Waals surface area contributed by atoms with Crippen LogP contribution in [0.3, 0.4) is 0 Å². The summed E-state index contributed by atoms with van der Waals surface area (Å²) in [6.45, 7) is 0. The van der Waals surface area contributed by atoms with Gasteiger partial charge in [-0.05, 0) is 36.4 Å². The Kier molecular flexibility index (Phi) is 5.30. The maximum atomic E-state index is 13.4. The number of sulfone groups is 1. The van der Waals surface area contributed by atoms with Crippen molar-refractivity contribution in [3.63, 3.8) is 0 Å². The smallest absolute Gasteiger partial charge is 0.267 e. The van der Waals surface area contributed by atoms with Crippen LogP contribution in [0.15, 0.2) is 53.4 Å². The molecular formula is C15H10F4N2O4S. The van der Waals surface area contributed by atoms with Crippen molar-refractivity contribution in [3.05, 3.63) is 65.5 Å². The molecule has 2 aromatic rings. The molecule has 0 radical (unpaired) electrons. The highest BCUT2D eigenvalue weighted by molar-refractivity contribution is 7.92. The van der Waals surface area contributed by atoms with Gasteiger partial charge in [0.1, 0.15) is 5.82 Å². The molecule has 6 nitrogen and oxygen atoms in total. The Hall–Kier alpha value is -2.95. The van der Waals surface area contributed by atoms with Gasteiger partial charge in [-0.2, -0.15) is 13.2 Å². The highest BCUT2D eigenvalue weighted by Crippen LogP contribution is 2.30. The normalized spacial score (nSPS) is 11.7. The molecule has 0 bridgehead atoms. The zero-order chi connectivity index (χ0) is 19.5. The maximum Gasteiger partial charge on any atom is 0.501 e. The molecule has 0 spiro atoms. The van der Waals surface area contributed by atoms with E-state index in [1.54, 1.807) is 0 Å². The van der Waals surface area contributed by atoms with Crippen molar-refractivity contribution in [3.8, 4) is 0 Å². The molecule has 0 atom stereocenters. The van der Waals surface area contributed by atoms with Crippen molar-refractivity contribution in [1.29, 1.82) is 0 Å². The van der Waals surface area contributed by atoms with Crippen LogP contribution in [0, 0.1) is 5.82 Å². The molecule has 0 aromatic heterocycles. The van der Waals surface area contributed by atoms with E-state index < -0.39 is 37.9 Å². The lowest BCUT2D eigenvalue weighted by Crippen LogP contribution is -2.41. The molecule has 0 saturated heterocycles. The number of hydrazine groups is 1. The standard InChI is InChI=1S/C15H10F4N2O4S/c16-12-4-2-1-3-11(12)14(23)21-20-13(22)9-5-7-10(8-6-9)26(24,25)15(17,18)19/h1-8H,(H,20,22)(H,21,23). The van der Waals surface area contributed by atoms with Gasteiger partial charge in [0, 0.05) is 5.56 Å². The fourth-order valence-corrected chi connectivity index (χ4v) is 2.58. The van der Waals surface area contributed by atoms with Crippen LogP contribution in [-0.2, 0) is 9.84 Å². The molecule has 0 heterocycles. The van der Waals surface area contributed by atoms with Crippen molar-refractivity contribution in [2.24, 2.45) is 0 Å². The number of nitrogens with one attached hydrogen (secondary N) is 2. The number of amides is 2. The van der Waals surface area contributed by atoms with Crippen molar-refractivity contribution >= 4 is 21.7 Å². The van der Waals surface area contributed by atoms with Crippen LogP contribution >= 0.6 is 0 Å². The predicted molar refractivity (Wildman–Crippen MR) is 81.0 cm³/mol.